The maximum atomic E-state index is 11.1. The summed E-state index contributed by atoms with van der Waals surface area (Å²) in [6.07, 6.45) is 0. The second kappa shape index (κ2) is 4.58. The number of hydrogen-bond acceptors (Lipinski definition) is 5. The van der Waals surface area contributed by atoms with E-state index in [4.69, 9.17) is 0 Å². The van der Waals surface area contributed by atoms with E-state index in [9.17, 15) is 13.0 Å². The summed E-state index contributed by atoms with van der Waals surface area (Å²) in [5, 5.41) is 8.26. The lowest BCUT2D eigenvalue weighted by Crippen LogP contribution is -2.07. The highest BCUT2D eigenvalue weighted by atomic mass is 32.2. The molecule has 0 bridgehead atoms. The van der Waals surface area contributed by atoms with Gasteiger partial charge in [0.25, 0.3) is 0 Å². The lowest BCUT2D eigenvalue weighted by atomic mass is 10.2. The molecule has 0 aliphatic rings. The molecule has 0 aliphatic carbocycles. The molecule has 1 aromatic rings. The molecule has 7 heteroatoms. The van der Waals surface area contributed by atoms with Gasteiger partial charge in [-0.15, -0.1) is 0 Å². The topological polar surface area (TPSA) is 90.1 Å². The van der Waals surface area contributed by atoms with Crippen LogP contribution in [0.5, 0.6) is 0 Å². The first-order chi connectivity index (χ1) is 7.43. The van der Waals surface area contributed by atoms with Gasteiger partial charge in [-0.05, 0) is 12.1 Å². The smallest absolute Gasteiger partial charge is 0.328 e. The van der Waals surface area contributed by atoms with Crippen molar-refractivity contribution < 1.29 is 13.0 Å². The molecule has 0 saturated carbocycles. The zero-order valence-electron chi connectivity index (χ0n) is 9.29. The minimum absolute atomic E-state index is 0.267. The van der Waals surface area contributed by atoms with Gasteiger partial charge < -0.3 is 16.0 Å². The molecule has 6 nitrogen and oxygen atoms in total. The van der Waals surface area contributed by atoms with Crippen LogP contribution < -0.4 is 16.0 Å². The van der Waals surface area contributed by atoms with Crippen LogP contribution in [0.4, 0.5) is 17.1 Å². The molecule has 1 rings (SSSR count). The molecule has 0 heterocycles. The van der Waals surface area contributed by atoms with Gasteiger partial charge in [0.05, 0.1) is 11.4 Å². The van der Waals surface area contributed by atoms with Gasteiger partial charge in [0.15, 0.2) is 0 Å². The van der Waals surface area contributed by atoms with Crippen molar-refractivity contribution in [2.24, 2.45) is 0 Å². The molecule has 0 unspecified atom stereocenters. The summed E-state index contributed by atoms with van der Waals surface area (Å²) in [4.78, 5) is -0.267. The number of anilines is 3. The van der Waals surface area contributed by atoms with E-state index in [1.807, 2.05) is 0 Å². The predicted molar refractivity (Wildman–Crippen MR) is 63.0 cm³/mol. The molecule has 0 amide bonds. The Morgan fingerprint density at radius 3 is 1.62 bits per heavy atom. The van der Waals surface area contributed by atoms with E-state index in [1.165, 1.54) is 0 Å². The lowest BCUT2D eigenvalue weighted by molar-refractivity contribution is 0.415. The lowest BCUT2D eigenvalue weighted by Gasteiger charge is -2.13. The fourth-order valence-corrected chi connectivity index (χ4v) is 2.27. The van der Waals surface area contributed by atoms with Crippen molar-refractivity contribution in [1.82, 2.24) is 0 Å². The second-order valence-corrected chi connectivity index (χ2v) is 4.42. The van der Waals surface area contributed by atoms with E-state index in [0.29, 0.717) is 5.69 Å². The van der Waals surface area contributed by atoms with Crippen LogP contribution in [0.25, 0.3) is 0 Å². The average Bonchev–Trinajstić information content (AvgIpc) is 2.25. The van der Waals surface area contributed by atoms with Crippen molar-refractivity contribution in [1.29, 1.82) is 0 Å². The summed E-state index contributed by atoms with van der Waals surface area (Å²) in [7, 11) is 0.309. The monoisotopic (exact) mass is 244 g/mol. The van der Waals surface area contributed by atoms with Crippen molar-refractivity contribution in [3.63, 3.8) is 0 Å². The third-order valence-electron chi connectivity index (χ3n) is 2.17. The zero-order valence-corrected chi connectivity index (χ0v) is 10.1. The molecule has 1 aromatic carbocycles. The molecule has 0 aliphatic heterocycles. The first-order valence-corrected chi connectivity index (χ1v) is 6.02. The van der Waals surface area contributed by atoms with Crippen molar-refractivity contribution in [2.75, 3.05) is 37.1 Å². The van der Waals surface area contributed by atoms with Gasteiger partial charge in [-0.25, -0.2) is 0 Å². The molecule has 0 atom stereocenters. The van der Waals surface area contributed by atoms with Crippen LogP contribution in [0.3, 0.4) is 0 Å². The first kappa shape index (κ1) is 12.6. The predicted octanol–water partition coefficient (Wildman–Crippen LogP) is 0.931. The Labute approximate surface area is 94.8 Å². The molecule has 0 saturated heterocycles. The van der Waals surface area contributed by atoms with E-state index in [1.54, 1.807) is 33.3 Å². The maximum absolute atomic E-state index is 11.1. The van der Waals surface area contributed by atoms with Crippen molar-refractivity contribution >= 4 is 27.2 Å². The van der Waals surface area contributed by atoms with Gasteiger partial charge in [-0.1, -0.05) is 4.55 Å². The van der Waals surface area contributed by atoms with Crippen molar-refractivity contribution in [3.05, 3.63) is 12.1 Å². The van der Waals surface area contributed by atoms with Crippen molar-refractivity contribution in [3.8, 4) is 0 Å². The van der Waals surface area contributed by atoms with Gasteiger partial charge >= 0.3 is 10.1 Å². The molecule has 16 heavy (non-hydrogen) atoms. The van der Waals surface area contributed by atoms with Crippen molar-refractivity contribution in [2.45, 2.75) is 4.90 Å². The Hall–Kier alpha value is -1.47. The first-order valence-electron chi connectivity index (χ1n) is 4.61. The fraction of sp³-hybridized carbons (Fsp3) is 0.333. The molecule has 3 N–H and O–H groups in total. The normalized spacial score (nSPS) is 11.0. The minimum atomic E-state index is -4.52. The van der Waals surface area contributed by atoms with Crippen LogP contribution in [-0.2, 0) is 14.7 Å². The summed E-state index contributed by atoms with van der Waals surface area (Å²) in [5.41, 5.74) is 1.25. The number of hydrogen-bond donors (Lipinski definition) is 3. The van der Waals surface area contributed by atoms with Crippen LogP contribution >= 0.6 is 0 Å². The van der Waals surface area contributed by atoms with Gasteiger partial charge in [0.1, 0.15) is 4.90 Å². The largest absolute Gasteiger partial charge is 0.388 e. The summed E-state index contributed by atoms with van der Waals surface area (Å²) >= 11 is 0. The fourth-order valence-electron chi connectivity index (χ4n) is 1.41. The zero-order chi connectivity index (χ0) is 12.3. The molecular formula is C9H14N3O3S. The Morgan fingerprint density at radius 2 is 1.38 bits per heavy atom. The Balaban J connectivity index is 3.57. The maximum Gasteiger partial charge on any atom is 0.328 e. The van der Waals surface area contributed by atoms with E-state index in [2.05, 4.69) is 16.0 Å². The van der Waals surface area contributed by atoms with E-state index in [0.717, 1.165) is 0 Å². The Bertz CT molecular complexity index is 460. The highest BCUT2D eigenvalue weighted by Crippen LogP contribution is 2.32. The minimum Gasteiger partial charge on any atom is -0.388 e. The molecule has 0 fully saturated rings. The Kier molecular flexibility index (Phi) is 3.61. The van der Waals surface area contributed by atoms with Gasteiger partial charge in [-0.3, -0.25) is 0 Å². The van der Waals surface area contributed by atoms with Gasteiger partial charge in [0.2, 0.25) is 0 Å². The summed E-state index contributed by atoms with van der Waals surface area (Å²) in [6, 6.07) is 3.12. The van der Waals surface area contributed by atoms with Gasteiger partial charge in [-0.2, -0.15) is 8.42 Å². The highest BCUT2D eigenvalue weighted by molar-refractivity contribution is 7.86. The van der Waals surface area contributed by atoms with Gasteiger partial charge in [0, 0.05) is 26.8 Å². The summed E-state index contributed by atoms with van der Waals surface area (Å²) in [6.45, 7) is 0. The third-order valence-corrected chi connectivity index (χ3v) is 3.11. The summed E-state index contributed by atoms with van der Waals surface area (Å²) in [5.74, 6) is 0. The Morgan fingerprint density at radius 1 is 0.938 bits per heavy atom. The molecule has 0 aromatic heterocycles. The quantitative estimate of drug-likeness (QED) is 0.733. The molecular weight excluding hydrogens is 230 g/mol. The standard InChI is InChI=1S/C9H14N3O3S/c1-10-6-4-7(11-2)9(16(13,14)15)8(5-6)12-3/h4-5,10-12H,1-3H3. The number of rotatable bonds is 4. The van der Waals surface area contributed by atoms with E-state index in [-0.39, 0.29) is 16.3 Å². The van der Waals surface area contributed by atoms with E-state index < -0.39 is 10.1 Å². The highest BCUT2D eigenvalue weighted by Gasteiger charge is 2.22. The summed E-state index contributed by atoms with van der Waals surface area (Å²) < 4.78 is 33.4. The second-order valence-electron chi connectivity index (χ2n) is 3.10. The van der Waals surface area contributed by atoms with Crippen LogP contribution in [-0.4, -0.2) is 29.6 Å². The molecule has 89 valence electrons. The van der Waals surface area contributed by atoms with Crippen LogP contribution in [0.1, 0.15) is 0 Å². The van der Waals surface area contributed by atoms with Crippen LogP contribution in [0.15, 0.2) is 17.0 Å². The average molecular weight is 244 g/mol. The third kappa shape index (κ3) is 2.37. The SMILES string of the molecule is CNc1cc(NC)c(S([O])(=O)=O)c(NC)c1. The van der Waals surface area contributed by atoms with Crippen LogP contribution in [0, 0.1) is 0 Å². The van der Waals surface area contributed by atoms with E-state index >= 15 is 0 Å². The van der Waals surface area contributed by atoms with Crippen LogP contribution in [0.2, 0.25) is 0 Å². The molecule has 1 radical (unpaired) electrons. The number of nitrogens with one attached hydrogen (secondary N) is 3. The number of benzene rings is 1. The molecule has 0 spiro atoms.